The third kappa shape index (κ3) is 4.64. The Morgan fingerprint density at radius 2 is 1.55 bits per heavy atom. The topological polar surface area (TPSA) is 58.6 Å². The van der Waals surface area contributed by atoms with Crippen LogP contribution < -0.4 is 15.0 Å². The van der Waals surface area contributed by atoms with Crippen molar-refractivity contribution in [3.05, 3.63) is 94.1 Å². The molecule has 4 rings (SSSR count). The fraction of sp³-hybridized carbons (Fsp3) is 0.185. The second kappa shape index (κ2) is 9.12. The monoisotopic (exact) mass is 460 g/mol. The van der Waals surface area contributed by atoms with Crippen LogP contribution >= 0.6 is 11.6 Å². The molecule has 3 aromatic rings. The van der Waals surface area contributed by atoms with Crippen LogP contribution in [0.15, 0.2) is 72.4 Å². The first-order chi connectivity index (χ1) is 15.7. The fourth-order valence-corrected chi connectivity index (χ4v) is 3.81. The summed E-state index contributed by atoms with van der Waals surface area (Å²) in [6, 6.07) is 19.9. The van der Waals surface area contributed by atoms with Gasteiger partial charge in [0, 0.05) is 10.7 Å². The minimum absolute atomic E-state index is 0.0327. The molecule has 33 heavy (non-hydrogen) atoms. The molecule has 0 radical (unpaired) electrons. The normalized spacial score (nSPS) is 13.8. The van der Waals surface area contributed by atoms with E-state index in [0.717, 1.165) is 11.1 Å². The van der Waals surface area contributed by atoms with Crippen LogP contribution in [0, 0.1) is 13.8 Å². The predicted octanol–water partition coefficient (Wildman–Crippen LogP) is 6.14. The van der Waals surface area contributed by atoms with Crippen molar-refractivity contribution >= 4 is 40.4 Å². The lowest BCUT2D eigenvalue weighted by Gasteiger charge is -2.16. The molecule has 0 fully saturated rings. The summed E-state index contributed by atoms with van der Waals surface area (Å²) in [7, 11) is 0. The van der Waals surface area contributed by atoms with Gasteiger partial charge in [0.2, 0.25) is 0 Å². The lowest BCUT2D eigenvalue weighted by atomic mass is 10.0. The minimum Gasteiger partial charge on any atom is -0.491 e. The van der Waals surface area contributed by atoms with Gasteiger partial charge in [-0.15, -0.1) is 0 Å². The largest absolute Gasteiger partial charge is 0.491 e. The van der Waals surface area contributed by atoms with Crippen LogP contribution in [-0.4, -0.2) is 17.9 Å². The van der Waals surface area contributed by atoms with Crippen LogP contribution in [-0.2, 0) is 9.59 Å². The molecule has 168 valence electrons. The maximum Gasteiger partial charge on any atom is 0.282 e. The van der Waals surface area contributed by atoms with Crippen molar-refractivity contribution in [2.24, 2.45) is 0 Å². The number of anilines is 2. The maximum absolute atomic E-state index is 13.5. The number of carbonyl (C=O) groups excluding carboxylic acids is 2. The molecule has 6 heteroatoms. The Hall–Kier alpha value is -3.57. The van der Waals surface area contributed by atoms with Gasteiger partial charge in [0.15, 0.2) is 0 Å². The molecule has 1 N–H and O–H groups in total. The third-order valence-electron chi connectivity index (χ3n) is 5.33. The van der Waals surface area contributed by atoms with E-state index in [1.54, 1.807) is 42.5 Å². The molecule has 0 bridgehead atoms. The summed E-state index contributed by atoms with van der Waals surface area (Å²) >= 11 is 6.28. The Balaban J connectivity index is 1.78. The van der Waals surface area contributed by atoms with Gasteiger partial charge < -0.3 is 10.1 Å². The standard InChI is InChI=1S/C27H25ClN2O3/c1-16(2)33-22-13-8-19(9-14-22)24-25(29-20-10-7-18(4)23(28)15-20)27(32)30(26(24)31)21-11-5-17(3)6-12-21/h5-16,29H,1-4H3. The van der Waals surface area contributed by atoms with Crippen molar-refractivity contribution in [3.63, 3.8) is 0 Å². The molecule has 5 nitrogen and oxygen atoms in total. The molecule has 0 saturated heterocycles. The Bertz CT molecular complexity index is 1250. The number of halogens is 1. The molecule has 3 aromatic carbocycles. The van der Waals surface area contributed by atoms with E-state index in [-0.39, 0.29) is 17.7 Å². The number of benzene rings is 3. The lowest BCUT2D eigenvalue weighted by Crippen LogP contribution is -2.32. The van der Waals surface area contributed by atoms with Gasteiger partial charge in [0.05, 0.1) is 17.4 Å². The molecule has 0 atom stereocenters. The number of aryl methyl sites for hydroxylation is 2. The molecule has 1 aliphatic heterocycles. The SMILES string of the molecule is Cc1ccc(N2C(=O)C(Nc3ccc(C)c(Cl)c3)=C(c3ccc(OC(C)C)cc3)C2=O)cc1. The number of ether oxygens (including phenoxy) is 1. The summed E-state index contributed by atoms with van der Waals surface area (Å²) in [4.78, 5) is 28.2. The van der Waals surface area contributed by atoms with Gasteiger partial charge in [0.25, 0.3) is 11.8 Å². The number of nitrogens with one attached hydrogen (secondary N) is 1. The van der Waals surface area contributed by atoms with Gasteiger partial charge in [-0.25, -0.2) is 4.90 Å². The summed E-state index contributed by atoms with van der Waals surface area (Å²) in [5.41, 5.74) is 4.24. The molecule has 0 aliphatic carbocycles. The van der Waals surface area contributed by atoms with Crippen molar-refractivity contribution in [2.75, 3.05) is 10.2 Å². The Morgan fingerprint density at radius 1 is 0.879 bits per heavy atom. The van der Waals surface area contributed by atoms with Gasteiger partial charge in [-0.1, -0.05) is 47.5 Å². The van der Waals surface area contributed by atoms with Crippen molar-refractivity contribution in [3.8, 4) is 5.75 Å². The molecule has 0 unspecified atom stereocenters. The third-order valence-corrected chi connectivity index (χ3v) is 5.74. The molecule has 1 heterocycles. The molecule has 0 spiro atoms. The maximum atomic E-state index is 13.5. The summed E-state index contributed by atoms with van der Waals surface area (Å²) < 4.78 is 5.72. The smallest absolute Gasteiger partial charge is 0.282 e. The molecule has 2 amide bonds. The van der Waals surface area contributed by atoms with E-state index in [4.69, 9.17) is 16.3 Å². The van der Waals surface area contributed by atoms with Crippen LogP contribution in [0.3, 0.4) is 0 Å². The minimum atomic E-state index is -0.418. The highest BCUT2D eigenvalue weighted by molar-refractivity contribution is 6.46. The first-order valence-corrected chi connectivity index (χ1v) is 11.1. The summed E-state index contributed by atoms with van der Waals surface area (Å²) in [6.45, 7) is 7.75. The highest BCUT2D eigenvalue weighted by Crippen LogP contribution is 2.35. The highest BCUT2D eigenvalue weighted by atomic mass is 35.5. The summed E-state index contributed by atoms with van der Waals surface area (Å²) in [5.74, 6) is -0.110. The number of hydrogen-bond donors (Lipinski definition) is 1. The quantitative estimate of drug-likeness (QED) is 0.449. The summed E-state index contributed by atoms with van der Waals surface area (Å²) in [5, 5.41) is 3.72. The zero-order valence-corrected chi connectivity index (χ0v) is 19.7. The van der Waals surface area contributed by atoms with Gasteiger partial charge in [-0.3, -0.25) is 9.59 Å². The van der Waals surface area contributed by atoms with E-state index in [1.807, 2.05) is 52.0 Å². The van der Waals surface area contributed by atoms with E-state index < -0.39 is 5.91 Å². The average molecular weight is 461 g/mol. The van der Waals surface area contributed by atoms with Crippen molar-refractivity contribution in [2.45, 2.75) is 33.8 Å². The second-order valence-electron chi connectivity index (χ2n) is 8.31. The van der Waals surface area contributed by atoms with E-state index in [9.17, 15) is 9.59 Å². The fourth-order valence-electron chi connectivity index (χ4n) is 3.63. The number of hydrogen-bond acceptors (Lipinski definition) is 4. The van der Waals surface area contributed by atoms with Gasteiger partial charge >= 0.3 is 0 Å². The number of rotatable bonds is 6. The highest BCUT2D eigenvalue weighted by Gasteiger charge is 2.40. The van der Waals surface area contributed by atoms with Crippen molar-refractivity contribution in [1.82, 2.24) is 0 Å². The van der Waals surface area contributed by atoms with Crippen LogP contribution in [0.4, 0.5) is 11.4 Å². The van der Waals surface area contributed by atoms with Crippen LogP contribution in [0.1, 0.15) is 30.5 Å². The zero-order chi connectivity index (χ0) is 23.7. The Labute approximate surface area is 198 Å². The summed E-state index contributed by atoms with van der Waals surface area (Å²) in [6.07, 6.45) is 0.0327. The number of carbonyl (C=O) groups is 2. The average Bonchev–Trinajstić information content (AvgIpc) is 3.01. The second-order valence-corrected chi connectivity index (χ2v) is 8.72. The molecule has 1 aliphatic rings. The van der Waals surface area contributed by atoms with E-state index in [0.29, 0.717) is 33.3 Å². The van der Waals surface area contributed by atoms with Crippen LogP contribution in [0.25, 0.3) is 5.57 Å². The van der Waals surface area contributed by atoms with Crippen LogP contribution in [0.2, 0.25) is 5.02 Å². The number of nitrogens with zero attached hydrogens (tertiary/aromatic N) is 1. The van der Waals surface area contributed by atoms with E-state index in [1.165, 1.54) is 4.90 Å². The predicted molar refractivity (Wildman–Crippen MR) is 133 cm³/mol. The van der Waals surface area contributed by atoms with Gasteiger partial charge in [-0.05, 0) is 75.2 Å². The molecular formula is C27H25ClN2O3. The van der Waals surface area contributed by atoms with Crippen molar-refractivity contribution in [1.29, 1.82) is 0 Å². The molecule has 0 saturated carbocycles. The van der Waals surface area contributed by atoms with Crippen LogP contribution in [0.5, 0.6) is 5.75 Å². The van der Waals surface area contributed by atoms with E-state index in [2.05, 4.69) is 5.32 Å². The zero-order valence-electron chi connectivity index (χ0n) is 19.0. The number of imide groups is 1. The van der Waals surface area contributed by atoms with Gasteiger partial charge in [0.1, 0.15) is 11.4 Å². The first kappa shape index (κ1) is 22.6. The molecule has 0 aromatic heterocycles. The Kier molecular flexibility index (Phi) is 6.25. The number of amides is 2. The van der Waals surface area contributed by atoms with E-state index >= 15 is 0 Å². The van der Waals surface area contributed by atoms with Gasteiger partial charge in [-0.2, -0.15) is 0 Å². The lowest BCUT2D eigenvalue weighted by molar-refractivity contribution is -0.120. The molecular weight excluding hydrogens is 436 g/mol. The first-order valence-electron chi connectivity index (χ1n) is 10.7. The Morgan fingerprint density at radius 3 is 2.15 bits per heavy atom. The van der Waals surface area contributed by atoms with Crippen molar-refractivity contribution < 1.29 is 14.3 Å².